The molecule has 0 saturated carbocycles. The lowest BCUT2D eigenvalue weighted by Crippen LogP contribution is -2.06. The van der Waals surface area contributed by atoms with Crippen molar-refractivity contribution in [2.45, 2.75) is 30.4 Å². The van der Waals surface area contributed by atoms with Crippen LogP contribution in [0.5, 0.6) is 0 Å². The third-order valence-electron chi connectivity index (χ3n) is 2.31. The van der Waals surface area contributed by atoms with E-state index in [4.69, 9.17) is 4.42 Å². The van der Waals surface area contributed by atoms with Gasteiger partial charge in [0.15, 0.2) is 12.0 Å². The Kier molecular flexibility index (Phi) is 3.62. The smallest absolute Gasteiger partial charge is 0.185 e. The number of aldehydes is 1. The van der Waals surface area contributed by atoms with E-state index in [-0.39, 0.29) is 4.75 Å². The van der Waals surface area contributed by atoms with Gasteiger partial charge in [-0.05, 0) is 18.2 Å². The summed E-state index contributed by atoms with van der Waals surface area (Å²) in [5.74, 6) is 1.10. The number of carbonyl (C=O) groups excluding carboxylic acids is 1. The molecule has 1 aromatic carbocycles. The Morgan fingerprint density at radius 3 is 2.44 bits per heavy atom. The van der Waals surface area contributed by atoms with Gasteiger partial charge in [-0.15, -0.1) is 11.8 Å². The van der Waals surface area contributed by atoms with Crippen molar-refractivity contribution in [2.75, 3.05) is 0 Å². The molecule has 2 rings (SSSR count). The standard InChI is InChI=1S/C15H16O2S/c1-15(2,3)18-14-7-5-4-6-12(14)13-9-8-11(10-16)17-13/h4-10H,1-3H3. The monoisotopic (exact) mass is 260 g/mol. The van der Waals surface area contributed by atoms with E-state index in [0.717, 1.165) is 22.5 Å². The van der Waals surface area contributed by atoms with Gasteiger partial charge < -0.3 is 4.42 Å². The second kappa shape index (κ2) is 5.02. The molecule has 18 heavy (non-hydrogen) atoms. The highest BCUT2D eigenvalue weighted by Gasteiger charge is 2.16. The van der Waals surface area contributed by atoms with Gasteiger partial charge in [0.2, 0.25) is 0 Å². The van der Waals surface area contributed by atoms with Crippen LogP contribution in [0.2, 0.25) is 0 Å². The Bertz CT molecular complexity index is 550. The minimum absolute atomic E-state index is 0.135. The fourth-order valence-corrected chi connectivity index (χ4v) is 2.73. The molecule has 2 aromatic rings. The first-order valence-electron chi connectivity index (χ1n) is 5.83. The largest absolute Gasteiger partial charge is 0.453 e. The zero-order valence-electron chi connectivity index (χ0n) is 10.8. The highest BCUT2D eigenvalue weighted by atomic mass is 32.2. The first-order chi connectivity index (χ1) is 8.49. The van der Waals surface area contributed by atoms with Crippen LogP contribution >= 0.6 is 11.8 Å². The molecule has 0 aliphatic heterocycles. The van der Waals surface area contributed by atoms with Gasteiger partial charge in [-0.25, -0.2) is 0 Å². The summed E-state index contributed by atoms with van der Waals surface area (Å²) in [6.45, 7) is 6.52. The van der Waals surface area contributed by atoms with Gasteiger partial charge in [0.05, 0.1) is 0 Å². The normalized spacial score (nSPS) is 11.5. The van der Waals surface area contributed by atoms with Crippen LogP contribution in [0.1, 0.15) is 31.3 Å². The summed E-state index contributed by atoms with van der Waals surface area (Å²) in [5, 5.41) is 0. The third-order valence-corrected chi connectivity index (χ3v) is 3.50. The van der Waals surface area contributed by atoms with Crippen LogP contribution in [0.15, 0.2) is 45.7 Å². The Morgan fingerprint density at radius 2 is 1.83 bits per heavy atom. The van der Waals surface area contributed by atoms with Gasteiger partial charge in [0.25, 0.3) is 0 Å². The van der Waals surface area contributed by atoms with Crippen molar-refractivity contribution in [3.05, 3.63) is 42.2 Å². The summed E-state index contributed by atoms with van der Waals surface area (Å²) in [6.07, 6.45) is 0.725. The zero-order chi connectivity index (χ0) is 13.2. The molecule has 0 amide bonds. The molecular weight excluding hydrogens is 244 g/mol. The fourth-order valence-electron chi connectivity index (χ4n) is 1.65. The lowest BCUT2D eigenvalue weighted by atomic mass is 10.2. The second-order valence-corrected chi connectivity index (χ2v) is 6.90. The Labute approximate surface area is 111 Å². The van der Waals surface area contributed by atoms with E-state index in [1.165, 1.54) is 0 Å². The molecule has 0 spiro atoms. The summed E-state index contributed by atoms with van der Waals surface area (Å²) in [7, 11) is 0. The molecule has 0 saturated heterocycles. The lowest BCUT2D eigenvalue weighted by molar-refractivity contribution is 0.110. The van der Waals surface area contributed by atoms with Crippen molar-refractivity contribution in [1.29, 1.82) is 0 Å². The molecule has 0 bridgehead atoms. The van der Waals surface area contributed by atoms with Crippen molar-refractivity contribution < 1.29 is 9.21 Å². The quantitative estimate of drug-likeness (QED) is 0.594. The van der Waals surface area contributed by atoms with Gasteiger partial charge in [-0.3, -0.25) is 4.79 Å². The van der Waals surface area contributed by atoms with Crippen molar-refractivity contribution in [2.24, 2.45) is 0 Å². The van der Waals surface area contributed by atoms with Crippen molar-refractivity contribution in [3.8, 4) is 11.3 Å². The first kappa shape index (κ1) is 13.0. The second-order valence-electron chi connectivity index (χ2n) is 5.03. The number of benzene rings is 1. The van der Waals surface area contributed by atoms with Crippen LogP contribution in [-0.2, 0) is 0 Å². The molecule has 0 N–H and O–H groups in total. The van der Waals surface area contributed by atoms with Crippen LogP contribution in [-0.4, -0.2) is 11.0 Å². The van der Waals surface area contributed by atoms with E-state index in [2.05, 4.69) is 26.8 Å². The fraction of sp³-hybridized carbons (Fsp3) is 0.267. The van der Waals surface area contributed by atoms with Crippen LogP contribution in [0.3, 0.4) is 0 Å². The number of rotatable bonds is 3. The van der Waals surface area contributed by atoms with E-state index in [1.54, 1.807) is 17.8 Å². The minimum atomic E-state index is 0.135. The van der Waals surface area contributed by atoms with Crippen LogP contribution < -0.4 is 0 Å². The lowest BCUT2D eigenvalue weighted by Gasteiger charge is -2.19. The third kappa shape index (κ3) is 3.05. The average Bonchev–Trinajstić information content (AvgIpc) is 2.76. The zero-order valence-corrected chi connectivity index (χ0v) is 11.6. The molecule has 1 heterocycles. The van der Waals surface area contributed by atoms with E-state index in [9.17, 15) is 4.79 Å². The van der Waals surface area contributed by atoms with Gasteiger partial charge >= 0.3 is 0 Å². The predicted octanol–water partition coefficient (Wildman–Crippen LogP) is 4.65. The maximum Gasteiger partial charge on any atom is 0.185 e. The number of furan rings is 1. The van der Waals surface area contributed by atoms with Crippen LogP contribution in [0, 0.1) is 0 Å². The first-order valence-corrected chi connectivity index (χ1v) is 6.65. The van der Waals surface area contributed by atoms with Crippen LogP contribution in [0.25, 0.3) is 11.3 Å². The average molecular weight is 260 g/mol. The van der Waals surface area contributed by atoms with E-state index in [1.807, 2.05) is 24.3 Å². The summed E-state index contributed by atoms with van der Waals surface area (Å²) in [5.41, 5.74) is 1.03. The summed E-state index contributed by atoms with van der Waals surface area (Å²) < 4.78 is 5.63. The highest BCUT2D eigenvalue weighted by Crippen LogP contribution is 2.38. The van der Waals surface area contributed by atoms with Gasteiger partial charge in [-0.1, -0.05) is 39.0 Å². The molecule has 3 heteroatoms. The molecule has 94 valence electrons. The summed E-state index contributed by atoms with van der Waals surface area (Å²) in [4.78, 5) is 11.8. The predicted molar refractivity (Wildman–Crippen MR) is 75.1 cm³/mol. The number of hydrogen-bond acceptors (Lipinski definition) is 3. The number of hydrogen-bond donors (Lipinski definition) is 0. The van der Waals surface area contributed by atoms with Crippen LogP contribution in [0.4, 0.5) is 0 Å². The summed E-state index contributed by atoms with van der Waals surface area (Å²) in [6, 6.07) is 11.6. The van der Waals surface area contributed by atoms with Gasteiger partial charge in [0, 0.05) is 15.2 Å². The molecule has 0 radical (unpaired) electrons. The van der Waals surface area contributed by atoms with E-state index >= 15 is 0 Å². The SMILES string of the molecule is CC(C)(C)Sc1ccccc1-c1ccc(C=O)o1. The molecule has 2 nitrogen and oxygen atoms in total. The molecule has 0 aliphatic carbocycles. The Morgan fingerprint density at radius 1 is 1.11 bits per heavy atom. The molecule has 0 fully saturated rings. The maximum absolute atomic E-state index is 10.7. The maximum atomic E-state index is 10.7. The number of carbonyl (C=O) groups is 1. The van der Waals surface area contributed by atoms with Crippen molar-refractivity contribution in [3.63, 3.8) is 0 Å². The number of thioether (sulfide) groups is 1. The van der Waals surface area contributed by atoms with E-state index < -0.39 is 0 Å². The molecule has 0 atom stereocenters. The highest BCUT2D eigenvalue weighted by molar-refractivity contribution is 8.00. The molecule has 1 aromatic heterocycles. The topological polar surface area (TPSA) is 30.2 Å². The Balaban J connectivity index is 2.41. The molecular formula is C15H16O2S. The van der Waals surface area contributed by atoms with Gasteiger partial charge in [0.1, 0.15) is 5.76 Å². The molecule has 0 unspecified atom stereocenters. The Hall–Kier alpha value is -1.48. The summed E-state index contributed by atoms with van der Waals surface area (Å²) >= 11 is 1.79. The van der Waals surface area contributed by atoms with Gasteiger partial charge in [-0.2, -0.15) is 0 Å². The van der Waals surface area contributed by atoms with E-state index in [0.29, 0.717) is 5.76 Å². The van der Waals surface area contributed by atoms with Crippen molar-refractivity contribution >= 4 is 18.0 Å². The minimum Gasteiger partial charge on any atom is -0.453 e. The molecule has 0 aliphatic rings. The van der Waals surface area contributed by atoms with Crippen molar-refractivity contribution in [1.82, 2.24) is 0 Å².